The van der Waals surface area contributed by atoms with Gasteiger partial charge in [0.2, 0.25) is 0 Å². The summed E-state index contributed by atoms with van der Waals surface area (Å²) < 4.78 is 0. The van der Waals surface area contributed by atoms with Crippen LogP contribution in [0.25, 0.3) is 33.3 Å². The van der Waals surface area contributed by atoms with Gasteiger partial charge in [-0.15, -0.1) is 0 Å². The molecule has 2 heteroatoms. The van der Waals surface area contributed by atoms with Crippen molar-refractivity contribution in [3.63, 3.8) is 0 Å². The highest BCUT2D eigenvalue weighted by molar-refractivity contribution is 5.97. The fourth-order valence-corrected chi connectivity index (χ4v) is 4.18. The maximum atomic E-state index is 5.78. The minimum Gasteiger partial charge on any atom is -0.354 e. The number of benzene rings is 3. The van der Waals surface area contributed by atoms with E-state index in [1.54, 1.807) is 0 Å². The van der Waals surface area contributed by atoms with Crippen molar-refractivity contribution in [2.75, 3.05) is 6.54 Å². The second kappa shape index (κ2) is 8.04. The van der Waals surface area contributed by atoms with E-state index >= 15 is 0 Å². The normalized spacial score (nSPS) is 11.2. The third-order valence-electron chi connectivity index (χ3n) is 5.64. The predicted molar refractivity (Wildman–Crippen MR) is 121 cm³/mol. The number of unbranched alkanes of at least 4 members (excludes halogenated alkanes) is 1. The van der Waals surface area contributed by atoms with Crippen LogP contribution >= 0.6 is 0 Å². The molecule has 0 radical (unpaired) electrons. The van der Waals surface area contributed by atoms with Crippen molar-refractivity contribution in [1.82, 2.24) is 4.98 Å². The van der Waals surface area contributed by atoms with Gasteiger partial charge in [-0.05, 0) is 67.5 Å². The number of aromatic nitrogens is 1. The molecule has 3 N–H and O–H groups in total. The van der Waals surface area contributed by atoms with Crippen molar-refractivity contribution in [3.05, 3.63) is 83.4 Å². The zero-order chi connectivity index (χ0) is 19.5. The summed E-state index contributed by atoms with van der Waals surface area (Å²) >= 11 is 0. The zero-order valence-electron chi connectivity index (χ0n) is 16.8. The van der Waals surface area contributed by atoms with Gasteiger partial charge < -0.3 is 10.7 Å². The van der Waals surface area contributed by atoms with Crippen LogP contribution in [-0.2, 0) is 6.42 Å². The van der Waals surface area contributed by atoms with Crippen molar-refractivity contribution in [3.8, 4) is 22.4 Å². The summed E-state index contributed by atoms with van der Waals surface area (Å²) in [6.07, 6.45) is 3.20. The van der Waals surface area contributed by atoms with E-state index < -0.39 is 0 Å². The molecule has 0 unspecified atom stereocenters. The molecule has 4 aromatic rings. The number of H-pyrrole nitrogens is 1. The lowest BCUT2D eigenvalue weighted by Crippen LogP contribution is -1.99. The molecule has 142 valence electrons. The molecule has 0 saturated heterocycles. The van der Waals surface area contributed by atoms with Crippen LogP contribution in [0.4, 0.5) is 0 Å². The van der Waals surface area contributed by atoms with Crippen molar-refractivity contribution < 1.29 is 0 Å². The van der Waals surface area contributed by atoms with Gasteiger partial charge in [-0.25, -0.2) is 0 Å². The maximum absolute atomic E-state index is 5.78. The summed E-state index contributed by atoms with van der Waals surface area (Å²) in [5, 5.41) is 1.38. The molecule has 0 bridgehead atoms. The lowest BCUT2D eigenvalue weighted by molar-refractivity contribution is 0.748. The predicted octanol–water partition coefficient (Wildman–Crippen LogP) is 6.40. The number of hydrogen-bond donors (Lipinski definition) is 2. The molecule has 1 heterocycles. The smallest absolute Gasteiger partial charge is 0.0503 e. The minimum absolute atomic E-state index is 0.746. The fourth-order valence-electron chi connectivity index (χ4n) is 4.18. The topological polar surface area (TPSA) is 41.8 Å². The number of aryl methyl sites for hydroxylation is 3. The minimum atomic E-state index is 0.746. The zero-order valence-corrected chi connectivity index (χ0v) is 16.8. The van der Waals surface area contributed by atoms with Crippen molar-refractivity contribution >= 4 is 10.9 Å². The van der Waals surface area contributed by atoms with Gasteiger partial charge in [0, 0.05) is 16.5 Å². The van der Waals surface area contributed by atoms with Gasteiger partial charge in [-0.3, -0.25) is 0 Å². The highest BCUT2D eigenvalue weighted by Gasteiger charge is 2.18. The number of hydrogen-bond acceptors (Lipinski definition) is 1. The summed E-state index contributed by atoms with van der Waals surface area (Å²) in [7, 11) is 0. The molecule has 0 fully saturated rings. The summed E-state index contributed by atoms with van der Waals surface area (Å²) in [6, 6.07) is 23.8. The molecule has 0 saturated carbocycles. The first-order valence-corrected chi connectivity index (χ1v) is 10.2. The molecule has 1 aromatic heterocycles. The Bertz CT molecular complexity index is 1090. The van der Waals surface area contributed by atoms with E-state index in [9.17, 15) is 0 Å². The van der Waals surface area contributed by atoms with Gasteiger partial charge in [0.15, 0.2) is 0 Å². The van der Waals surface area contributed by atoms with Crippen molar-refractivity contribution in [2.45, 2.75) is 33.1 Å². The molecular weight excluding hydrogens is 340 g/mol. The van der Waals surface area contributed by atoms with Crippen molar-refractivity contribution in [2.24, 2.45) is 5.73 Å². The van der Waals surface area contributed by atoms with Crippen LogP contribution in [0.3, 0.4) is 0 Å². The molecule has 3 aromatic carbocycles. The second-order valence-corrected chi connectivity index (χ2v) is 7.59. The lowest BCUT2D eigenvalue weighted by Gasteiger charge is -2.12. The van der Waals surface area contributed by atoms with Gasteiger partial charge >= 0.3 is 0 Å². The van der Waals surface area contributed by atoms with E-state index in [1.165, 1.54) is 50.0 Å². The molecule has 4 rings (SSSR count). The number of nitrogens with one attached hydrogen (secondary N) is 1. The Hall–Kier alpha value is -2.84. The third-order valence-corrected chi connectivity index (χ3v) is 5.64. The Morgan fingerprint density at radius 3 is 2.18 bits per heavy atom. The first kappa shape index (κ1) is 18.5. The average Bonchev–Trinajstić information content (AvgIpc) is 3.12. The van der Waals surface area contributed by atoms with Crippen LogP contribution < -0.4 is 5.73 Å². The quantitative estimate of drug-likeness (QED) is 0.380. The van der Waals surface area contributed by atoms with Crippen molar-refractivity contribution in [1.29, 1.82) is 0 Å². The Morgan fingerprint density at radius 1 is 0.750 bits per heavy atom. The number of nitrogens with two attached hydrogens (primary N) is 1. The van der Waals surface area contributed by atoms with Gasteiger partial charge in [0.05, 0.1) is 5.69 Å². The third kappa shape index (κ3) is 3.36. The SMILES string of the molecule is Cc1ccc(C)c2c(CCCCN)c(-c3ccccc3-c3ccccc3)[nH]c12. The van der Waals surface area contributed by atoms with Crippen LogP contribution in [0.1, 0.15) is 29.5 Å². The van der Waals surface area contributed by atoms with Crippen LogP contribution in [0.2, 0.25) is 0 Å². The molecule has 28 heavy (non-hydrogen) atoms. The first-order valence-electron chi connectivity index (χ1n) is 10.2. The van der Waals surface area contributed by atoms with E-state index in [2.05, 4.69) is 85.6 Å². The van der Waals surface area contributed by atoms with Gasteiger partial charge in [0.25, 0.3) is 0 Å². The molecule has 2 nitrogen and oxygen atoms in total. The fraction of sp³-hybridized carbons (Fsp3) is 0.231. The van der Waals surface area contributed by atoms with Crippen LogP contribution in [-0.4, -0.2) is 11.5 Å². The number of aromatic amines is 1. The largest absolute Gasteiger partial charge is 0.354 e. The molecule has 0 aliphatic carbocycles. The maximum Gasteiger partial charge on any atom is 0.0503 e. The standard InChI is InChI=1S/C26H28N2/c1-18-15-16-19(2)25-24(18)23(14-8-9-17-27)26(28-25)22-13-7-6-12-21(22)20-10-4-3-5-11-20/h3-7,10-13,15-16,28H,8-9,14,17,27H2,1-2H3. The molecule has 0 spiro atoms. The van der Waals surface area contributed by atoms with Gasteiger partial charge in [-0.2, -0.15) is 0 Å². The molecular formula is C26H28N2. The van der Waals surface area contributed by atoms with Gasteiger partial charge in [-0.1, -0.05) is 66.7 Å². The Balaban J connectivity index is 1.96. The summed E-state index contributed by atoms with van der Waals surface area (Å²) in [5.74, 6) is 0. The Labute approximate surface area is 167 Å². The highest BCUT2D eigenvalue weighted by atomic mass is 14.7. The van der Waals surface area contributed by atoms with Gasteiger partial charge in [0.1, 0.15) is 0 Å². The molecule has 0 amide bonds. The summed E-state index contributed by atoms with van der Waals surface area (Å²) in [6.45, 7) is 5.15. The monoisotopic (exact) mass is 368 g/mol. The number of rotatable bonds is 6. The first-order chi connectivity index (χ1) is 13.7. The Kier molecular flexibility index (Phi) is 5.31. The molecule has 0 aliphatic rings. The summed E-state index contributed by atoms with van der Waals surface area (Å²) in [4.78, 5) is 3.80. The Morgan fingerprint density at radius 2 is 1.43 bits per heavy atom. The van der Waals surface area contributed by atoms with E-state index in [-0.39, 0.29) is 0 Å². The van der Waals surface area contributed by atoms with Crippen LogP contribution in [0.15, 0.2) is 66.7 Å². The van der Waals surface area contributed by atoms with E-state index in [0.717, 1.165) is 25.8 Å². The second-order valence-electron chi connectivity index (χ2n) is 7.59. The molecule has 0 aliphatic heterocycles. The average molecular weight is 369 g/mol. The lowest BCUT2D eigenvalue weighted by atomic mass is 9.93. The van der Waals surface area contributed by atoms with E-state index in [4.69, 9.17) is 5.73 Å². The van der Waals surface area contributed by atoms with Crippen LogP contribution in [0, 0.1) is 13.8 Å². The number of fused-ring (bicyclic) bond motifs is 1. The van der Waals surface area contributed by atoms with E-state index in [0.29, 0.717) is 0 Å². The molecule has 0 atom stereocenters. The van der Waals surface area contributed by atoms with E-state index in [1.807, 2.05) is 0 Å². The summed E-state index contributed by atoms with van der Waals surface area (Å²) in [5.41, 5.74) is 16.1. The highest BCUT2D eigenvalue weighted by Crippen LogP contribution is 2.39. The van der Waals surface area contributed by atoms with Crippen LogP contribution in [0.5, 0.6) is 0 Å².